The zero-order valence-corrected chi connectivity index (χ0v) is 10.6. The van der Waals surface area contributed by atoms with E-state index in [-0.39, 0.29) is 5.82 Å². The van der Waals surface area contributed by atoms with Crippen LogP contribution < -0.4 is 5.32 Å². The molecule has 0 aliphatic heterocycles. The lowest BCUT2D eigenvalue weighted by Gasteiger charge is -2.13. The Bertz CT molecular complexity index is 492. The number of aromatic nitrogens is 3. The van der Waals surface area contributed by atoms with Crippen LogP contribution in [0, 0.1) is 5.82 Å². The molecule has 0 spiro atoms. The van der Waals surface area contributed by atoms with E-state index in [2.05, 4.69) is 22.3 Å². The predicted octanol–water partition coefficient (Wildman–Crippen LogP) is 1.68. The maximum Gasteiger partial charge on any atom is 0.140 e. The first-order valence-electron chi connectivity index (χ1n) is 5.96. The highest BCUT2D eigenvalue weighted by atomic mass is 19.1. The number of halogens is 1. The fourth-order valence-corrected chi connectivity index (χ4v) is 1.79. The first-order chi connectivity index (χ1) is 8.65. The van der Waals surface area contributed by atoms with Crippen LogP contribution in [0.1, 0.15) is 18.3 Å². The van der Waals surface area contributed by atoms with Crippen molar-refractivity contribution in [1.29, 1.82) is 0 Å². The van der Waals surface area contributed by atoms with Gasteiger partial charge in [-0.3, -0.25) is 4.68 Å². The summed E-state index contributed by atoms with van der Waals surface area (Å²) in [5.41, 5.74) is 1.12. The van der Waals surface area contributed by atoms with Crippen LogP contribution in [-0.2, 0) is 20.0 Å². The lowest BCUT2D eigenvalue weighted by molar-refractivity contribution is 0.519. The van der Waals surface area contributed by atoms with Crippen molar-refractivity contribution in [1.82, 2.24) is 20.1 Å². The summed E-state index contributed by atoms with van der Waals surface area (Å²) in [5, 5.41) is 7.38. The minimum Gasteiger partial charge on any atom is -0.307 e. The van der Waals surface area contributed by atoms with Gasteiger partial charge in [-0.05, 0) is 31.0 Å². The largest absolute Gasteiger partial charge is 0.307 e. The first-order valence-corrected chi connectivity index (χ1v) is 5.96. The third-order valence-electron chi connectivity index (χ3n) is 2.87. The van der Waals surface area contributed by atoms with Crippen LogP contribution in [0.25, 0.3) is 0 Å². The highest BCUT2D eigenvalue weighted by molar-refractivity contribution is 5.17. The van der Waals surface area contributed by atoms with Crippen LogP contribution in [0.2, 0.25) is 0 Å². The van der Waals surface area contributed by atoms with Crippen molar-refractivity contribution in [3.05, 3.63) is 47.8 Å². The van der Waals surface area contributed by atoms with E-state index in [9.17, 15) is 4.39 Å². The van der Waals surface area contributed by atoms with Crippen molar-refractivity contribution in [2.24, 2.45) is 7.05 Å². The molecular weight excluding hydrogens is 231 g/mol. The molecule has 1 atom stereocenters. The molecule has 0 bridgehead atoms. The van der Waals surface area contributed by atoms with E-state index in [0.29, 0.717) is 12.6 Å². The van der Waals surface area contributed by atoms with Crippen molar-refractivity contribution in [3.63, 3.8) is 0 Å². The molecule has 1 aromatic heterocycles. The molecule has 1 heterocycles. The molecule has 96 valence electrons. The molecule has 0 radical (unpaired) electrons. The molecule has 0 aliphatic rings. The molecule has 0 aliphatic carbocycles. The van der Waals surface area contributed by atoms with Crippen molar-refractivity contribution < 1.29 is 4.39 Å². The third kappa shape index (κ3) is 3.37. The van der Waals surface area contributed by atoms with Gasteiger partial charge in [0.1, 0.15) is 18.0 Å². The Balaban J connectivity index is 1.83. The van der Waals surface area contributed by atoms with E-state index >= 15 is 0 Å². The van der Waals surface area contributed by atoms with Gasteiger partial charge in [0.25, 0.3) is 0 Å². The van der Waals surface area contributed by atoms with E-state index in [0.717, 1.165) is 17.8 Å². The second-order valence-corrected chi connectivity index (χ2v) is 4.41. The van der Waals surface area contributed by atoms with Gasteiger partial charge in [0.15, 0.2) is 0 Å². The smallest absolute Gasteiger partial charge is 0.140 e. The predicted molar refractivity (Wildman–Crippen MR) is 67.4 cm³/mol. The van der Waals surface area contributed by atoms with Gasteiger partial charge < -0.3 is 5.32 Å². The second-order valence-electron chi connectivity index (χ2n) is 4.41. The summed E-state index contributed by atoms with van der Waals surface area (Å²) in [7, 11) is 1.87. The fourth-order valence-electron chi connectivity index (χ4n) is 1.79. The Kier molecular flexibility index (Phi) is 4.04. The zero-order valence-electron chi connectivity index (χ0n) is 10.6. The zero-order chi connectivity index (χ0) is 13.0. The number of hydrogen-bond acceptors (Lipinski definition) is 3. The van der Waals surface area contributed by atoms with Gasteiger partial charge in [-0.2, -0.15) is 5.10 Å². The van der Waals surface area contributed by atoms with Crippen LogP contribution in [0.4, 0.5) is 4.39 Å². The quantitative estimate of drug-likeness (QED) is 0.875. The normalized spacial score (nSPS) is 12.6. The molecule has 5 heteroatoms. The molecule has 2 rings (SSSR count). The third-order valence-corrected chi connectivity index (χ3v) is 2.87. The molecule has 2 aromatic rings. The summed E-state index contributed by atoms with van der Waals surface area (Å²) < 4.78 is 14.5. The van der Waals surface area contributed by atoms with Crippen LogP contribution in [0.15, 0.2) is 30.6 Å². The minimum atomic E-state index is -0.196. The number of rotatable bonds is 5. The van der Waals surface area contributed by atoms with E-state index < -0.39 is 0 Å². The highest BCUT2D eigenvalue weighted by Gasteiger charge is 2.06. The molecule has 18 heavy (non-hydrogen) atoms. The van der Waals surface area contributed by atoms with E-state index in [1.165, 1.54) is 12.1 Å². The van der Waals surface area contributed by atoms with E-state index in [1.807, 2.05) is 19.2 Å². The van der Waals surface area contributed by atoms with Crippen LogP contribution in [0.3, 0.4) is 0 Å². The molecule has 0 saturated heterocycles. The lowest BCUT2D eigenvalue weighted by atomic mass is 10.1. The SMILES string of the molecule is CC(Cc1ccc(F)cc1)NCc1ncnn1C. The average molecular weight is 248 g/mol. The Morgan fingerprint density at radius 1 is 1.33 bits per heavy atom. The maximum atomic E-state index is 12.8. The standard InChI is InChI=1S/C13H17FN4/c1-10(7-11-3-5-12(14)6-4-11)15-8-13-16-9-17-18(13)2/h3-6,9-10,15H,7-8H2,1-2H3. The van der Waals surface area contributed by atoms with Crippen LogP contribution >= 0.6 is 0 Å². The Morgan fingerprint density at radius 2 is 2.06 bits per heavy atom. The number of hydrogen-bond donors (Lipinski definition) is 1. The number of nitrogens with zero attached hydrogens (tertiary/aromatic N) is 3. The number of benzene rings is 1. The van der Waals surface area contributed by atoms with Gasteiger partial charge in [0.2, 0.25) is 0 Å². The van der Waals surface area contributed by atoms with Gasteiger partial charge in [-0.15, -0.1) is 0 Å². The van der Waals surface area contributed by atoms with Crippen LogP contribution in [-0.4, -0.2) is 20.8 Å². The monoisotopic (exact) mass is 248 g/mol. The Labute approximate surface area is 106 Å². The fraction of sp³-hybridized carbons (Fsp3) is 0.385. The molecular formula is C13H17FN4. The van der Waals surface area contributed by atoms with Crippen molar-refractivity contribution in [2.75, 3.05) is 0 Å². The molecule has 1 unspecified atom stereocenters. The molecule has 0 amide bonds. The average Bonchev–Trinajstić information content (AvgIpc) is 2.75. The van der Waals surface area contributed by atoms with Crippen molar-refractivity contribution >= 4 is 0 Å². The first kappa shape index (κ1) is 12.7. The van der Waals surface area contributed by atoms with E-state index in [1.54, 1.807) is 11.0 Å². The molecule has 4 nitrogen and oxygen atoms in total. The van der Waals surface area contributed by atoms with Crippen LogP contribution in [0.5, 0.6) is 0 Å². The summed E-state index contributed by atoms with van der Waals surface area (Å²) >= 11 is 0. The summed E-state index contributed by atoms with van der Waals surface area (Å²) in [4.78, 5) is 4.15. The van der Waals surface area contributed by atoms with Gasteiger partial charge in [0, 0.05) is 13.1 Å². The van der Waals surface area contributed by atoms with E-state index in [4.69, 9.17) is 0 Å². The van der Waals surface area contributed by atoms with Gasteiger partial charge in [0.05, 0.1) is 6.54 Å². The van der Waals surface area contributed by atoms with Gasteiger partial charge >= 0.3 is 0 Å². The molecule has 1 N–H and O–H groups in total. The number of nitrogens with one attached hydrogen (secondary N) is 1. The van der Waals surface area contributed by atoms with Gasteiger partial charge in [-0.25, -0.2) is 9.37 Å². The minimum absolute atomic E-state index is 0.196. The summed E-state index contributed by atoms with van der Waals surface area (Å²) in [6.07, 6.45) is 2.40. The van der Waals surface area contributed by atoms with Gasteiger partial charge in [-0.1, -0.05) is 12.1 Å². The number of aryl methyl sites for hydroxylation is 1. The molecule has 0 saturated carbocycles. The summed E-state index contributed by atoms with van der Waals surface area (Å²) in [6.45, 7) is 2.78. The highest BCUT2D eigenvalue weighted by Crippen LogP contribution is 2.06. The Morgan fingerprint density at radius 3 is 2.67 bits per heavy atom. The lowest BCUT2D eigenvalue weighted by Crippen LogP contribution is -2.28. The summed E-state index contributed by atoms with van der Waals surface area (Å²) in [6, 6.07) is 6.91. The molecule has 0 fully saturated rings. The topological polar surface area (TPSA) is 42.7 Å². The summed E-state index contributed by atoms with van der Waals surface area (Å²) in [5.74, 6) is 0.708. The Hall–Kier alpha value is -1.75. The maximum absolute atomic E-state index is 12.8. The molecule has 1 aromatic carbocycles. The van der Waals surface area contributed by atoms with Crippen molar-refractivity contribution in [2.45, 2.75) is 25.9 Å². The second kappa shape index (κ2) is 5.73. The van der Waals surface area contributed by atoms with Crippen molar-refractivity contribution in [3.8, 4) is 0 Å².